The molecule has 1 saturated heterocycles. The predicted molar refractivity (Wildman–Crippen MR) is 116 cm³/mol. The van der Waals surface area contributed by atoms with E-state index in [0.717, 1.165) is 12.0 Å². The van der Waals surface area contributed by atoms with Crippen LogP contribution >= 0.6 is 23.7 Å². The summed E-state index contributed by atoms with van der Waals surface area (Å²) in [5, 5.41) is 4.81. The Hall–Kier alpha value is -1.89. The summed E-state index contributed by atoms with van der Waals surface area (Å²) < 4.78 is 0. The number of nitrogens with one attached hydrogen (secondary N) is 1. The number of likely N-dealkylation sites (tertiary alicyclic amines) is 1. The zero-order chi connectivity index (χ0) is 19.4. The Kier molecular flexibility index (Phi) is 7.63. The van der Waals surface area contributed by atoms with Crippen LogP contribution in [0.5, 0.6) is 0 Å². The lowest BCUT2D eigenvalue weighted by Gasteiger charge is -2.43. The van der Waals surface area contributed by atoms with Crippen molar-refractivity contribution < 1.29 is 9.59 Å². The second-order valence-corrected chi connectivity index (χ2v) is 8.78. The van der Waals surface area contributed by atoms with E-state index >= 15 is 0 Å². The van der Waals surface area contributed by atoms with Crippen LogP contribution in [-0.2, 0) is 11.2 Å². The van der Waals surface area contributed by atoms with Gasteiger partial charge in [0.05, 0.1) is 4.88 Å². The number of nitrogens with zero attached hydrogens (tertiary/aromatic N) is 1. The van der Waals surface area contributed by atoms with E-state index in [1.807, 2.05) is 46.7 Å². The number of piperidine rings is 1. The van der Waals surface area contributed by atoms with Crippen LogP contribution in [0.2, 0.25) is 0 Å². The van der Waals surface area contributed by atoms with Crippen molar-refractivity contribution in [1.29, 1.82) is 0 Å². The van der Waals surface area contributed by atoms with E-state index < -0.39 is 6.04 Å². The maximum atomic E-state index is 13.3. The van der Waals surface area contributed by atoms with Gasteiger partial charge in [-0.2, -0.15) is 0 Å². The highest BCUT2D eigenvalue weighted by molar-refractivity contribution is 7.12. The van der Waals surface area contributed by atoms with E-state index in [1.165, 1.54) is 11.3 Å². The molecule has 1 aromatic carbocycles. The Morgan fingerprint density at radius 2 is 1.96 bits per heavy atom. The molecule has 3 N–H and O–H groups in total. The van der Waals surface area contributed by atoms with Gasteiger partial charge in [0, 0.05) is 25.6 Å². The highest BCUT2D eigenvalue weighted by Crippen LogP contribution is 2.28. The first kappa shape index (κ1) is 22.4. The maximum absolute atomic E-state index is 13.3. The van der Waals surface area contributed by atoms with Crippen LogP contribution in [0.3, 0.4) is 0 Å². The van der Waals surface area contributed by atoms with Crippen molar-refractivity contribution in [3.8, 4) is 0 Å². The molecule has 2 heterocycles. The standard InChI is InChI=1S/C21H27N3O2S.ClH/c1-21(2)14-24(11-10-18(21)22)20(26)16(13-15-7-4-3-5-8-15)23-19(25)17-9-6-12-27-17;/h3-9,12,16,18H,10-11,13-14,22H2,1-2H3,(H,23,25);1H. The molecule has 2 aromatic rings. The number of amides is 2. The van der Waals surface area contributed by atoms with Gasteiger partial charge < -0.3 is 16.0 Å². The quantitative estimate of drug-likeness (QED) is 0.778. The molecule has 152 valence electrons. The van der Waals surface area contributed by atoms with E-state index in [9.17, 15) is 9.59 Å². The van der Waals surface area contributed by atoms with E-state index in [-0.39, 0.29) is 35.7 Å². The fourth-order valence-electron chi connectivity index (χ4n) is 3.47. The molecule has 0 radical (unpaired) electrons. The van der Waals surface area contributed by atoms with Crippen LogP contribution in [0.1, 0.15) is 35.5 Å². The number of benzene rings is 1. The first-order chi connectivity index (χ1) is 12.9. The van der Waals surface area contributed by atoms with Crippen LogP contribution in [-0.4, -0.2) is 41.9 Å². The van der Waals surface area contributed by atoms with Crippen LogP contribution in [0, 0.1) is 5.41 Å². The minimum Gasteiger partial charge on any atom is -0.340 e. The Bertz CT molecular complexity index is 780. The van der Waals surface area contributed by atoms with Crippen LogP contribution < -0.4 is 11.1 Å². The lowest BCUT2D eigenvalue weighted by Crippen LogP contribution is -2.58. The first-order valence-corrected chi connectivity index (χ1v) is 10.2. The summed E-state index contributed by atoms with van der Waals surface area (Å²) in [7, 11) is 0. The SMILES string of the molecule is CC1(C)CN(C(=O)C(Cc2ccccc2)NC(=O)c2cccs2)CCC1N.Cl. The molecule has 5 nitrogen and oxygen atoms in total. The van der Waals surface area contributed by atoms with E-state index in [1.54, 1.807) is 6.07 Å². The van der Waals surface area contributed by atoms with Gasteiger partial charge in [0.25, 0.3) is 5.91 Å². The van der Waals surface area contributed by atoms with Crippen molar-refractivity contribution in [2.45, 2.75) is 38.8 Å². The Balaban J connectivity index is 0.00000280. The summed E-state index contributed by atoms with van der Waals surface area (Å²) in [6, 6.07) is 12.9. The van der Waals surface area contributed by atoms with Gasteiger partial charge in [-0.1, -0.05) is 50.2 Å². The molecule has 3 rings (SSSR count). The van der Waals surface area contributed by atoms with Gasteiger partial charge in [-0.05, 0) is 28.8 Å². The van der Waals surface area contributed by atoms with Gasteiger partial charge >= 0.3 is 0 Å². The van der Waals surface area contributed by atoms with Crippen molar-refractivity contribution in [2.75, 3.05) is 13.1 Å². The highest BCUT2D eigenvalue weighted by atomic mass is 35.5. The van der Waals surface area contributed by atoms with Crippen LogP contribution in [0.15, 0.2) is 47.8 Å². The molecule has 1 aliphatic heterocycles. The minimum absolute atomic E-state index is 0. The molecule has 1 aromatic heterocycles. The highest BCUT2D eigenvalue weighted by Gasteiger charge is 2.37. The summed E-state index contributed by atoms with van der Waals surface area (Å²) in [6.07, 6.45) is 1.25. The molecule has 0 aliphatic carbocycles. The third-order valence-corrected chi connectivity index (χ3v) is 6.12. The number of hydrogen-bond acceptors (Lipinski definition) is 4. The van der Waals surface area contributed by atoms with E-state index in [4.69, 9.17) is 5.73 Å². The number of halogens is 1. The number of thiophene rings is 1. The molecule has 0 bridgehead atoms. The Labute approximate surface area is 176 Å². The molecule has 0 saturated carbocycles. The molecule has 2 amide bonds. The molecule has 2 unspecified atom stereocenters. The van der Waals surface area contributed by atoms with Gasteiger partial charge in [-0.15, -0.1) is 23.7 Å². The number of nitrogens with two attached hydrogens (primary N) is 1. The van der Waals surface area contributed by atoms with Gasteiger partial charge in [0.15, 0.2) is 0 Å². The number of carbonyl (C=O) groups excluding carboxylic acids is 2. The summed E-state index contributed by atoms with van der Waals surface area (Å²) in [6.45, 7) is 5.41. The van der Waals surface area contributed by atoms with E-state index in [0.29, 0.717) is 24.4 Å². The lowest BCUT2D eigenvalue weighted by molar-refractivity contribution is -0.136. The van der Waals surface area contributed by atoms with Crippen LogP contribution in [0.25, 0.3) is 0 Å². The fourth-order valence-corrected chi connectivity index (χ4v) is 4.10. The van der Waals surface area contributed by atoms with Crippen LogP contribution in [0.4, 0.5) is 0 Å². The first-order valence-electron chi connectivity index (χ1n) is 9.29. The van der Waals surface area contributed by atoms with Gasteiger partial charge in [0.2, 0.25) is 5.91 Å². The summed E-state index contributed by atoms with van der Waals surface area (Å²) in [5.74, 6) is -0.240. The Morgan fingerprint density at radius 3 is 2.57 bits per heavy atom. The lowest BCUT2D eigenvalue weighted by atomic mass is 9.79. The summed E-state index contributed by atoms with van der Waals surface area (Å²) in [4.78, 5) is 28.3. The molecule has 1 fully saturated rings. The van der Waals surface area contributed by atoms with Gasteiger partial charge in [-0.3, -0.25) is 9.59 Å². The molecular formula is C21H28ClN3O2S. The second kappa shape index (κ2) is 9.54. The molecule has 1 aliphatic rings. The smallest absolute Gasteiger partial charge is 0.262 e. The van der Waals surface area contributed by atoms with E-state index in [2.05, 4.69) is 19.2 Å². The maximum Gasteiger partial charge on any atom is 0.262 e. The molecule has 28 heavy (non-hydrogen) atoms. The second-order valence-electron chi connectivity index (χ2n) is 7.84. The third-order valence-electron chi connectivity index (χ3n) is 5.25. The zero-order valence-electron chi connectivity index (χ0n) is 16.3. The number of hydrogen-bond donors (Lipinski definition) is 2. The number of carbonyl (C=O) groups is 2. The molecule has 7 heteroatoms. The average molecular weight is 422 g/mol. The third kappa shape index (κ3) is 5.34. The Morgan fingerprint density at radius 1 is 1.25 bits per heavy atom. The molecule has 2 atom stereocenters. The largest absolute Gasteiger partial charge is 0.340 e. The number of rotatable bonds is 5. The van der Waals surface area contributed by atoms with Crippen molar-refractivity contribution in [2.24, 2.45) is 11.1 Å². The zero-order valence-corrected chi connectivity index (χ0v) is 17.9. The van der Waals surface area contributed by atoms with Crippen molar-refractivity contribution in [3.63, 3.8) is 0 Å². The van der Waals surface area contributed by atoms with Crippen molar-refractivity contribution in [3.05, 3.63) is 58.3 Å². The normalized spacial score (nSPS) is 19.4. The fraction of sp³-hybridized carbons (Fsp3) is 0.429. The van der Waals surface area contributed by atoms with Crippen molar-refractivity contribution >= 4 is 35.6 Å². The summed E-state index contributed by atoms with van der Waals surface area (Å²) >= 11 is 1.37. The average Bonchev–Trinajstić information content (AvgIpc) is 3.18. The monoisotopic (exact) mass is 421 g/mol. The minimum atomic E-state index is -0.591. The molecule has 0 spiro atoms. The summed E-state index contributed by atoms with van der Waals surface area (Å²) in [5.41, 5.74) is 7.10. The topological polar surface area (TPSA) is 75.4 Å². The van der Waals surface area contributed by atoms with Gasteiger partial charge in [-0.25, -0.2) is 0 Å². The van der Waals surface area contributed by atoms with Gasteiger partial charge in [0.1, 0.15) is 6.04 Å². The predicted octanol–water partition coefficient (Wildman–Crippen LogP) is 3.10. The van der Waals surface area contributed by atoms with Crippen molar-refractivity contribution in [1.82, 2.24) is 10.2 Å². The molecular weight excluding hydrogens is 394 g/mol.